The molecule has 0 aliphatic rings. The van der Waals surface area contributed by atoms with Crippen LogP contribution in [-0.4, -0.2) is 21.5 Å². The molecule has 0 aromatic carbocycles. The molecule has 0 fully saturated rings. The highest BCUT2D eigenvalue weighted by Gasteiger charge is 2.27. The number of esters is 1. The van der Waals surface area contributed by atoms with Crippen molar-refractivity contribution >= 4 is 54.6 Å². The number of rotatable bonds is 5. The van der Waals surface area contributed by atoms with E-state index in [1.807, 2.05) is 11.4 Å². The van der Waals surface area contributed by atoms with Gasteiger partial charge in [0.2, 0.25) is 10.0 Å². The zero-order valence-corrected chi connectivity index (χ0v) is 15.2. The van der Waals surface area contributed by atoms with Crippen LogP contribution in [0, 0.1) is 6.92 Å². The van der Waals surface area contributed by atoms with Crippen molar-refractivity contribution in [2.75, 3.05) is 7.11 Å². The molecule has 2 aromatic heterocycles. The Hall–Kier alpha value is -0.740. The van der Waals surface area contributed by atoms with Crippen LogP contribution in [0.2, 0.25) is 0 Å². The minimum Gasteiger partial charge on any atom is -0.465 e. The highest BCUT2D eigenvalue weighted by Crippen LogP contribution is 2.28. The van der Waals surface area contributed by atoms with Gasteiger partial charge < -0.3 is 4.74 Å². The van der Waals surface area contributed by atoms with Crippen LogP contribution in [0.5, 0.6) is 0 Å². The molecule has 0 saturated heterocycles. The van der Waals surface area contributed by atoms with Gasteiger partial charge in [-0.05, 0) is 45.2 Å². The normalized spacial score (nSPS) is 11.6. The van der Waals surface area contributed by atoms with Crippen molar-refractivity contribution in [3.63, 3.8) is 0 Å². The standard InChI is InChI=1S/C12H12BrNO4S3/c1-7-6-20-10(12(15)18-2)11(7)21(16,17)14-5-9-8(13)3-4-19-9/h3-4,6,14H,5H2,1-2H3. The van der Waals surface area contributed by atoms with E-state index in [2.05, 4.69) is 25.4 Å². The molecule has 9 heteroatoms. The van der Waals surface area contributed by atoms with Gasteiger partial charge in [-0.15, -0.1) is 22.7 Å². The van der Waals surface area contributed by atoms with E-state index in [0.717, 1.165) is 20.7 Å². The Morgan fingerprint density at radius 2 is 2.14 bits per heavy atom. The topological polar surface area (TPSA) is 72.5 Å². The Kier molecular flexibility index (Phi) is 5.20. The number of carbonyl (C=O) groups excluding carboxylic acids is 1. The summed E-state index contributed by atoms with van der Waals surface area (Å²) >= 11 is 5.86. The fraction of sp³-hybridized carbons (Fsp3) is 0.250. The number of nitrogens with one attached hydrogen (secondary N) is 1. The number of thiophene rings is 2. The molecule has 0 aliphatic heterocycles. The van der Waals surface area contributed by atoms with Crippen molar-refractivity contribution in [3.05, 3.63) is 36.6 Å². The van der Waals surface area contributed by atoms with Crippen LogP contribution in [-0.2, 0) is 21.3 Å². The molecule has 114 valence electrons. The molecular formula is C12H12BrNO4S3. The summed E-state index contributed by atoms with van der Waals surface area (Å²) in [5.41, 5.74) is 0.526. The summed E-state index contributed by atoms with van der Waals surface area (Å²) in [5, 5.41) is 3.49. The lowest BCUT2D eigenvalue weighted by molar-refractivity contribution is 0.0602. The third kappa shape index (κ3) is 3.54. The summed E-state index contributed by atoms with van der Waals surface area (Å²) in [6, 6.07) is 1.85. The van der Waals surface area contributed by atoms with Crippen molar-refractivity contribution in [2.45, 2.75) is 18.4 Å². The molecule has 2 heterocycles. The number of halogens is 1. The van der Waals surface area contributed by atoms with Gasteiger partial charge in [0.15, 0.2) is 0 Å². The molecule has 0 spiro atoms. The number of hydrogen-bond donors (Lipinski definition) is 1. The zero-order valence-electron chi connectivity index (χ0n) is 11.2. The van der Waals surface area contributed by atoms with Crippen LogP contribution in [0.25, 0.3) is 0 Å². The maximum atomic E-state index is 12.4. The van der Waals surface area contributed by atoms with Gasteiger partial charge in [-0.1, -0.05) is 0 Å². The minimum absolute atomic E-state index is 0.00738. The number of carbonyl (C=O) groups is 1. The molecule has 0 amide bonds. The van der Waals surface area contributed by atoms with Crippen molar-refractivity contribution in [2.24, 2.45) is 0 Å². The zero-order chi connectivity index (χ0) is 15.6. The molecule has 0 atom stereocenters. The lowest BCUT2D eigenvalue weighted by atomic mass is 10.3. The van der Waals surface area contributed by atoms with E-state index in [-0.39, 0.29) is 16.3 Å². The van der Waals surface area contributed by atoms with E-state index in [1.54, 1.807) is 12.3 Å². The van der Waals surface area contributed by atoms with Gasteiger partial charge in [0.25, 0.3) is 0 Å². The Labute approximate surface area is 139 Å². The van der Waals surface area contributed by atoms with Crippen LogP contribution in [0.15, 0.2) is 26.2 Å². The molecule has 0 bridgehead atoms. The van der Waals surface area contributed by atoms with Crippen molar-refractivity contribution < 1.29 is 17.9 Å². The number of ether oxygens (including phenoxy) is 1. The van der Waals surface area contributed by atoms with Crippen LogP contribution in [0.4, 0.5) is 0 Å². The van der Waals surface area contributed by atoms with Crippen LogP contribution in [0.1, 0.15) is 20.1 Å². The summed E-state index contributed by atoms with van der Waals surface area (Å²) in [5.74, 6) is -0.647. The molecule has 0 radical (unpaired) electrons. The summed E-state index contributed by atoms with van der Waals surface area (Å²) < 4.78 is 32.9. The summed E-state index contributed by atoms with van der Waals surface area (Å²) in [4.78, 5) is 12.6. The van der Waals surface area contributed by atoms with Gasteiger partial charge in [0.05, 0.1) is 7.11 Å². The second kappa shape index (κ2) is 6.57. The van der Waals surface area contributed by atoms with E-state index in [9.17, 15) is 13.2 Å². The smallest absolute Gasteiger partial charge is 0.349 e. The van der Waals surface area contributed by atoms with Gasteiger partial charge >= 0.3 is 5.97 Å². The van der Waals surface area contributed by atoms with Crippen LogP contribution >= 0.6 is 38.6 Å². The minimum atomic E-state index is -3.78. The van der Waals surface area contributed by atoms with E-state index >= 15 is 0 Å². The van der Waals surface area contributed by atoms with Gasteiger partial charge in [-0.2, -0.15) is 0 Å². The maximum Gasteiger partial charge on any atom is 0.349 e. The first-order valence-corrected chi connectivity index (χ1v) is 9.78. The fourth-order valence-electron chi connectivity index (χ4n) is 1.68. The van der Waals surface area contributed by atoms with Crippen molar-refractivity contribution in [1.82, 2.24) is 4.72 Å². The third-order valence-corrected chi connectivity index (χ3v) is 7.39. The number of hydrogen-bond acceptors (Lipinski definition) is 6. The molecule has 5 nitrogen and oxygen atoms in total. The summed E-state index contributed by atoms with van der Waals surface area (Å²) in [7, 11) is -2.55. The van der Waals surface area contributed by atoms with Gasteiger partial charge in [0.1, 0.15) is 9.77 Å². The average molecular weight is 410 g/mol. The molecule has 0 unspecified atom stereocenters. The Morgan fingerprint density at radius 3 is 2.71 bits per heavy atom. The maximum absolute atomic E-state index is 12.4. The molecular weight excluding hydrogens is 398 g/mol. The predicted octanol–water partition coefficient (Wildman–Crippen LogP) is 3.15. The number of sulfonamides is 1. The first-order chi connectivity index (χ1) is 9.86. The Morgan fingerprint density at radius 1 is 1.43 bits per heavy atom. The summed E-state index contributed by atoms with van der Waals surface area (Å²) in [6.07, 6.45) is 0. The fourth-order valence-corrected chi connectivity index (χ4v) is 5.91. The predicted molar refractivity (Wildman–Crippen MR) is 86.4 cm³/mol. The van der Waals surface area contributed by atoms with Crippen molar-refractivity contribution in [3.8, 4) is 0 Å². The molecule has 2 rings (SSSR count). The van der Waals surface area contributed by atoms with Gasteiger partial charge in [0, 0.05) is 15.9 Å². The molecule has 1 N–H and O–H groups in total. The van der Waals surface area contributed by atoms with E-state index in [1.165, 1.54) is 18.4 Å². The largest absolute Gasteiger partial charge is 0.465 e. The highest BCUT2D eigenvalue weighted by atomic mass is 79.9. The molecule has 0 saturated carbocycles. The average Bonchev–Trinajstić information content (AvgIpc) is 3.02. The molecule has 21 heavy (non-hydrogen) atoms. The second-order valence-electron chi connectivity index (χ2n) is 4.08. The number of methoxy groups -OCH3 is 1. The molecule has 0 aliphatic carbocycles. The summed E-state index contributed by atoms with van der Waals surface area (Å²) in [6.45, 7) is 1.81. The van der Waals surface area contributed by atoms with Crippen LogP contribution < -0.4 is 4.72 Å². The lowest BCUT2D eigenvalue weighted by Crippen LogP contribution is -2.25. The van der Waals surface area contributed by atoms with E-state index in [4.69, 9.17) is 0 Å². The number of aryl methyl sites for hydroxylation is 1. The third-order valence-electron chi connectivity index (χ3n) is 2.67. The van der Waals surface area contributed by atoms with Crippen LogP contribution in [0.3, 0.4) is 0 Å². The van der Waals surface area contributed by atoms with E-state index < -0.39 is 16.0 Å². The van der Waals surface area contributed by atoms with Crippen molar-refractivity contribution in [1.29, 1.82) is 0 Å². The SMILES string of the molecule is COC(=O)c1scc(C)c1S(=O)(=O)NCc1sccc1Br. The van der Waals surface area contributed by atoms with Gasteiger partial charge in [-0.3, -0.25) is 0 Å². The first-order valence-electron chi connectivity index (χ1n) is 5.74. The van der Waals surface area contributed by atoms with Gasteiger partial charge in [-0.25, -0.2) is 17.9 Å². The quantitative estimate of drug-likeness (QED) is 0.769. The Bertz CT molecular complexity index is 763. The molecule has 2 aromatic rings. The Balaban J connectivity index is 2.30. The monoisotopic (exact) mass is 409 g/mol. The highest BCUT2D eigenvalue weighted by molar-refractivity contribution is 9.10. The lowest BCUT2D eigenvalue weighted by Gasteiger charge is -2.08. The second-order valence-corrected chi connectivity index (χ2v) is 8.52. The van der Waals surface area contributed by atoms with E-state index in [0.29, 0.717) is 5.56 Å². The first kappa shape index (κ1) is 16.6.